The van der Waals surface area contributed by atoms with Gasteiger partial charge in [0, 0.05) is 19.4 Å². The predicted octanol–water partition coefficient (Wildman–Crippen LogP) is 1.43. The van der Waals surface area contributed by atoms with Crippen LogP contribution >= 0.6 is 0 Å². The zero-order valence-electron chi connectivity index (χ0n) is 12.6. The van der Waals surface area contributed by atoms with E-state index in [2.05, 4.69) is 4.98 Å². The molecule has 0 saturated heterocycles. The number of nitrogens with zero attached hydrogens (tertiary/aromatic N) is 1. The number of hydrogen-bond donors (Lipinski definition) is 1. The van der Waals surface area contributed by atoms with Gasteiger partial charge in [-0.1, -0.05) is 0 Å². The van der Waals surface area contributed by atoms with Crippen molar-refractivity contribution in [1.29, 1.82) is 0 Å². The van der Waals surface area contributed by atoms with Crippen LogP contribution in [0.25, 0.3) is 11.3 Å². The zero-order valence-corrected chi connectivity index (χ0v) is 12.6. The average molecular weight is 321 g/mol. The normalized spacial score (nSPS) is 10.3. The lowest BCUT2D eigenvalue weighted by atomic mass is 10.1. The molecule has 0 radical (unpaired) electrons. The van der Waals surface area contributed by atoms with Gasteiger partial charge < -0.3 is 23.7 Å². The van der Waals surface area contributed by atoms with Crippen molar-refractivity contribution in [3.8, 4) is 22.8 Å². The molecule has 0 aliphatic rings. The molecule has 2 aromatic heterocycles. The number of rotatable bonds is 7. The minimum atomic E-state index is -1.37. The van der Waals surface area contributed by atoms with Gasteiger partial charge in [0.25, 0.3) is 0 Å². The molecule has 0 aliphatic heterocycles. The topological polar surface area (TPSA) is 108 Å². The van der Waals surface area contributed by atoms with Gasteiger partial charge in [-0.25, -0.2) is 9.59 Å². The van der Waals surface area contributed by atoms with Crippen LogP contribution in [0.4, 0.5) is 0 Å². The van der Waals surface area contributed by atoms with Crippen LogP contribution in [0.1, 0.15) is 10.6 Å². The fourth-order valence-corrected chi connectivity index (χ4v) is 1.88. The number of ether oxygens (including phenoxy) is 3. The van der Waals surface area contributed by atoms with Crippen LogP contribution in [0.5, 0.6) is 11.5 Å². The molecule has 0 aliphatic carbocycles. The minimum Gasteiger partial charge on any atom is -0.494 e. The molecule has 8 nitrogen and oxygen atoms in total. The number of carboxylic acids is 1. The zero-order chi connectivity index (χ0) is 16.8. The van der Waals surface area contributed by atoms with Crippen LogP contribution in [0.3, 0.4) is 0 Å². The highest BCUT2D eigenvalue weighted by molar-refractivity contribution is 5.87. The summed E-state index contributed by atoms with van der Waals surface area (Å²) < 4.78 is 20.2. The van der Waals surface area contributed by atoms with E-state index >= 15 is 0 Å². The number of hydrogen-bond acceptors (Lipinski definition) is 7. The van der Waals surface area contributed by atoms with E-state index in [0.717, 1.165) is 0 Å². The fraction of sp³-hybridized carbons (Fsp3) is 0.267. The molecule has 0 atom stereocenters. The molecule has 0 saturated carbocycles. The van der Waals surface area contributed by atoms with Gasteiger partial charge in [-0.3, -0.25) is 4.98 Å². The van der Waals surface area contributed by atoms with Gasteiger partial charge >= 0.3 is 11.6 Å². The molecule has 8 heteroatoms. The summed E-state index contributed by atoms with van der Waals surface area (Å²) in [7, 11) is 2.93. The summed E-state index contributed by atoms with van der Waals surface area (Å²) in [6, 6.07) is 4.46. The Morgan fingerprint density at radius 2 is 2.13 bits per heavy atom. The Labute approximate surface area is 131 Å². The second-order valence-corrected chi connectivity index (χ2v) is 4.34. The molecule has 0 aromatic carbocycles. The predicted molar refractivity (Wildman–Crippen MR) is 79.1 cm³/mol. The van der Waals surface area contributed by atoms with Crippen LogP contribution in [0.15, 0.2) is 33.6 Å². The standard InChI is InChI=1S/C15H15NO7/c1-20-6-7-22-13-9(8-11(14(17)18)23-15(13)19)12-10(21-2)4-3-5-16-12/h3-5,8H,6-7H2,1-2H3,(H,17,18). The third-order valence-corrected chi connectivity index (χ3v) is 2.90. The maximum Gasteiger partial charge on any atom is 0.379 e. The van der Waals surface area contributed by atoms with Crippen LogP contribution < -0.4 is 15.1 Å². The summed E-state index contributed by atoms with van der Waals surface area (Å²) in [5, 5.41) is 9.07. The molecule has 1 N–H and O–H groups in total. The SMILES string of the molecule is COCCOc1c(-c2ncccc2OC)cc(C(=O)O)oc1=O. The third kappa shape index (κ3) is 3.67. The molecule has 2 heterocycles. The van der Waals surface area contributed by atoms with Gasteiger partial charge in [0.2, 0.25) is 11.5 Å². The molecule has 23 heavy (non-hydrogen) atoms. The van der Waals surface area contributed by atoms with Crippen molar-refractivity contribution in [2.45, 2.75) is 0 Å². The van der Waals surface area contributed by atoms with Crippen molar-refractivity contribution < 1.29 is 28.5 Å². The number of aromatic nitrogens is 1. The van der Waals surface area contributed by atoms with Crippen LogP contribution in [-0.2, 0) is 4.74 Å². The van der Waals surface area contributed by atoms with Gasteiger partial charge in [-0.15, -0.1) is 0 Å². The molecule has 0 bridgehead atoms. The largest absolute Gasteiger partial charge is 0.494 e. The maximum atomic E-state index is 12.1. The fourth-order valence-electron chi connectivity index (χ4n) is 1.88. The van der Waals surface area contributed by atoms with Gasteiger partial charge in [-0.05, 0) is 12.1 Å². The molecule has 0 unspecified atom stereocenters. The first-order valence-electron chi connectivity index (χ1n) is 6.61. The van der Waals surface area contributed by atoms with Crippen molar-refractivity contribution in [3.05, 3.63) is 40.6 Å². The number of methoxy groups -OCH3 is 2. The summed E-state index contributed by atoms with van der Waals surface area (Å²) in [5.74, 6) is -1.67. The van der Waals surface area contributed by atoms with Crippen molar-refractivity contribution in [2.75, 3.05) is 27.4 Å². The van der Waals surface area contributed by atoms with Crippen LogP contribution in [0, 0.1) is 0 Å². The lowest BCUT2D eigenvalue weighted by Gasteiger charge is -2.12. The van der Waals surface area contributed by atoms with E-state index in [1.807, 2.05) is 0 Å². The second-order valence-electron chi connectivity index (χ2n) is 4.34. The monoisotopic (exact) mass is 321 g/mol. The van der Waals surface area contributed by atoms with E-state index < -0.39 is 17.4 Å². The highest BCUT2D eigenvalue weighted by Gasteiger charge is 2.21. The summed E-state index contributed by atoms with van der Waals surface area (Å²) in [5.41, 5.74) is -0.464. The van der Waals surface area contributed by atoms with Crippen LogP contribution in [0.2, 0.25) is 0 Å². The van der Waals surface area contributed by atoms with Gasteiger partial charge in [0.05, 0.1) is 19.3 Å². The van der Waals surface area contributed by atoms with Gasteiger partial charge in [0.1, 0.15) is 18.1 Å². The summed E-state index contributed by atoms with van der Waals surface area (Å²) in [6.07, 6.45) is 1.49. The van der Waals surface area contributed by atoms with E-state index in [4.69, 9.17) is 23.7 Å². The van der Waals surface area contributed by atoms with E-state index in [1.54, 1.807) is 12.1 Å². The quantitative estimate of drug-likeness (QED) is 0.763. The Morgan fingerprint density at radius 3 is 2.78 bits per heavy atom. The Kier molecular flexibility index (Phi) is 5.32. The summed E-state index contributed by atoms with van der Waals surface area (Å²) >= 11 is 0. The molecular weight excluding hydrogens is 306 g/mol. The van der Waals surface area contributed by atoms with Crippen molar-refractivity contribution in [3.63, 3.8) is 0 Å². The van der Waals surface area contributed by atoms with Gasteiger partial charge in [-0.2, -0.15) is 0 Å². The van der Waals surface area contributed by atoms with Crippen molar-refractivity contribution in [2.24, 2.45) is 0 Å². The molecule has 0 amide bonds. The molecule has 0 spiro atoms. The smallest absolute Gasteiger partial charge is 0.379 e. The van der Waals surface area contributed by atoms with E-state index in [0.29, 0.717) is 5.75 Å². The maximum absolute atomic E-state index is 12.1. The Morgan fingerprint density at radius 1 is 1.35 bits per heavy atom. The number of aromatic carboxylic acids is 1. The number of pyridine rings is 1. The van der Waals surface area contributed by atoms with E-state index in [9.17, 15) is 9.59 Å². The Balaban J connectivity index is 2.62. The minimum absolute atomic E-state index is 0.0931. The Hall–Kier alpha value is -2.87. The second kappa shape index (κ2) is 7.41. The van der Waals surface area contributed by atoms with Crippen molar-refractivity contribution in [1.82, 2.24) is 4.98 Å². The number of carbonyl (C=O) groups is 1. The van der Waals surface area contributed by atoms with Crippen molar-refractivity contribution >= 4 is 5.97 Å². The first kappa shape index (κ1) is 16.5. The first-order chi connectivity index (χ1) is 11.1. The summed E-state index contributed by atoms with van der Waals surface area (Å²) in [4.78, 5) is 27.3. The summed E-state index contributed by atoms with van der Waals surface area (Å²) in [6.45, 7) is 0.342. The van der Waals surface area contributed by atoms with E-state index in [1.165, 1.54) is 26.5 Å². The molecule has 0 fully saturated rings. The number of carboxylic acid groups (broad SMARTS) is 1. The Bertz CT molecular complexity index is 754. The van der Waals surface area contributed by atoms with Crippen LogP contribution in [-0.4, -0.2) is 43.5 Å². The molecule has 2 rings (SSSR count). The lowest BCUT2D eigenvalue weighted by molar-refractivity contribution is 0.0655. The van der Waals surface area contributed by atoms with E-state index in [-0.39, 0.29) is 30.2 Å². The lowest BCUT2D eigenvalue weighted by Crippen LogP contribution is -2.15. The third-order valence-electron chi connectivity index (χ3n) is 2.90. The molecule has 122 valence electrons. The molecular formula is C15H15NO7. The highest BCUT2D eigenvalue weighted by atomic mass is 16.5. The average Bonchev–Trinajstić information content (AvgIpc) is 2.55. The first-order valence-corrected chi connectivity index (χ1v) is 6.61. The molecule has 2 aromatic rings. The highest BCUT2D eigenvalue weighted by Crippen LogP contribution is 2.33. The van der Waals surface area contributed by atoms with Gasteiger partial charge in [0.15, 0.2) is 0 Å².